The quantitative estimate of drug-likeness (QED) is 0.667. The Morgan fingerprint density at radius 3 is 2.33 bits per heavy atom. The van der Waals surface area contributed by atoms with Crippen LogP contribution in [0.4, 0.5) is 0 Å². The van der Waals surface area contributed by atoms with Gasteiger partial charge in [0.1, 0.15) is 0 Å². The normalized spacial score (nSPS) is 9.07. The third-order valence-corrected chi connectivity index (χ3v) is 2.20. The summed E-state index contributed by atoms with van der Waals surface area (Å²) in [6.45, 7) is 8.09. The molecule has 1 nitrogen and oxygen atoms in total. The first kappa shape index (κ1) is 13.9. The van der Waals surface area contributed by atoms with Gasteiger partial charge in [-0.25, -0.2) is 0 Å². The molecule has 0 heterocycles. The molecule has 0 atom stereocenters. The monoisotopic (exact) mass is 206 g/mol. The second-order valence-corrected chi connectivity index (χ2v) is 3.34. The van der Waals surface area contributed by atoms with Gasteiger partial charge in [-0.15, -0.1) is 0 Å². The number of hydrogen-bond acceptors (Lipinski definition) is 1. The van der Waals surface area contributed by atoms with Crippen LogP contribution in [0.15, 0.2) is 24.3 Å². The topological polar surface area (TPSA) is 17.1 Å². The Morgan fingerprint density at radius 1 is 1.20 bits per heavy atom. The molecule has 15 heavy (non-hydrogen) atoms. The summed E-state index contributed by atoms with van der Waals surface area (Å²) in [7, 11) is 0. The van der Waals surface area contributed by atoms with Crippen LogP contribution < -0.4 is 0 Å². The molecular weight excluding hydrogens is 184 g/mol. The highest BCUT2D eigenvalue weighted by atomic mass is 16.1. The van der Waals surface area contributed by atoms with Crippen molar-refractivity contribution in [3.05, 3.63) is 35.4 Å². The third kappa shape index (κ3) is 4.78. The lowest BCUT2D eigenvalue weighted by molar-refractivity contribution is 0.0979. The molecule has 0 aliphatic carbocycles. The fourth-order valence-corrected chi connectivity index (χ4v) is 1.36. The lowest BCUT2D eigenvalue weighted by atomic mass is 10.0. The van der Waals surface area contributed by atoms with Crippen molar-refractivity contribution in [2.45, 2.75) is 47.0 Å². The van der Waals surface area contributed by atoms with Crippen molar-refractivity contribution in [2.75, 3.05) is 0 Å². The highest BCUT2D eigenvalue weighted by molar-refractivity contribution is 5.97. The Bertz CT molecular complexity index is 289. The van der Waals surface area contributed by atoms with Gasteiger partial charge in [-0.1, -0.05) is 51.5 Å². The zero-order valence-corrected chi connectivity index (χ0v) is 10.3. The van der Waals surface area contributed by atoms with Gasteiger partial charge in [0.15, 0.2) is 5.78 Å². The van der Waals surface area contributed by atoms with Gasteiger partial charge in [0.05, 0.1) is 0 Å². The maximum Gasteiger partial charge on any atom is 0.163 e. The molecular formula is C14H22O. The number of unbranched alkanes of at least 4 members (excludes halogenated alkanes) is 1. The molecule has 1 aromatic rings. The molecule has 1 aromatic carbocycles. The summed E-state index contributed by atoms with van der Waals surface area (Å²) in [6.07, 6.45) is 2.76. The number of hydrogen-bond donors (Lipinski definition) is 0. The number of carbonyl (C=O) groups is 1. The molecule has 84 valence electrons. The minimum Gasteiger partial charge on any atom is -0.294 e. The molecule has 0 unspecified atom stereocenters. The first-order chi connectivity index (χ1) is 7.25. The van der Waals surface area contributed by atoms with Gasteiger partial charge in [-0.05, 0) is 18.9 Å². The van der Waals surface area contributed by atoms with Crippen LogP contribution in [-0.4, -0.2) is 5.78 Å². The number of aryl methyl sites for hydroxylation is 1. The molecule has 0 aromatic heterocycles. The number of benzene rings is 1. The van der Waals surface area contributed by atoms with Crippen LogP contribution in [0.1, 0.15) is 56.0 Å². The van der Waals surface area contributed by atoms with E-state index in [-0.39, 0.29) is 5.78 Å². The first-order valence-electron chi connectivity index (χ1n) is 5.84. The Morgan fingerprint density at radius 2 is 1.80 bits per heavy atom. The van der Waals surface area contributed by atoms with Crippen LogP contribution in [0.25, 0.3) is 0 Å². The van der Waals surface area contributed by atoms with Gasteiger partial charge in [-0.3, -0.25) is 4.79 Å². The van der Waals surface area contributed by atoms with E-state index in [9.17, 15) is 4.79 Å². The van der Waals surface area contributed by atoms with Gasteiger partial charge in [0.25, 0.3) is 0 Å². The fraction of sp³-hybridized carbons (Fsp3) is 0.500. The van der Waals surface area contributed by atoms with E-state index < -0.39 is 0 Å². The summed E-state index contributed by atoms with van der Waals surface area (Å²) in [5.41, 5.74) is 1.97. The summed E-state index contributed by atoms with van der Waals surface area (Å²) in [4.78, 5) is 11.6. The van der Waals surface area contributed by atoms with E-state index in [1.54, 1.807) is 0 Å². The predicted octanol–water partition coefficient (Wildman–Crippen LogP) is 4.39. The number of carbonyl (C=O) groups excluding carboxylic acids is 1. The van der Waals surface area contributed by atoms with Crippen molar-refractivity contribution < 1.29 is 4.79 Å². The largest absolute Gasteiger partial charge is 0.294 e. The van der Waals surface area contributed by atoms with E-state index in [0.717, 1.165) is 24.0 Å². The lowest BCUT2D eigenvalue weighted by Crippen LogP contribution is -2.00. The molecule has 0 spiro atoms. The maximum atomic E-state index is 11.6. The van der Waals surface area contributed by atoms with E-state index >= 15 is 0 Å². The van der Waals surface area contributed by atoms with Crippen LogP contribution in [0.3, 0.4) is 0 Å². The standard InChI is InChI=1S/C12H16O.C2H6/c1-3-4-9-12(13)11-8-6-5-7-10(11)2;1-2/h5-8H,3-4,9H2,1-2H3;1-2H3. The molecule has 0 aliphatic heterocycles. The molecule has 0 amide bonds. The van der Waals surface area contributed by atoms with Crippen molar-refractivity contribution in [2.24, 2.45) is 0 Å². The smallest absolute Gasteiger partial charge is 0.163 e. The highest BCUT2D eigenvalue weighted by Gasteiger charge is 2.06. The molecule has 0 radical (unpaired) electrons. The van der Waals surface area contributed by atoms with Crippen LogP contribution in [0.5, 0.6) is 0 Å². The summed E-state index contributed by atoms with van der Waals surface area (Å²) >= 11 is 0. The van der Waals surface area contributed by atoms with Crippen LogP contribution in [0.2, 0.25) is 0 Å². The van der Waals surface area contributed by atoms with Gasteiger partial charge >= 0.3 is 0 Å². The van der Waals surface area contributed by atoms with E-state index in [1.807, 2.05) is 45.0 Å². The van der Waals surface area contributed by atoms with Crippen molar-refractivity contribution in [1.29, 1.82) is 0 Å². The molecule has 0 fully saturated rings. The molecule has 1 rings (SSSR count). The Hall–Kier alpha value is -1.11. The summed E-state index contributed by atoms with van der Waals surface area (Å²) < 4.78 is 0. The van der Waals surface area contributed by atoms with Crippen molar-refractivity contribution in [3.63, 3.8) is 0 Å². The molecule has 0 aliphatic rings. The lowest BCUT2D eigenvalue weighted by Gasteiger charge is -2.02. The summed E-state index contributed by atoms with van der Waals surface area (Å²) in [5, 5.41) is 0. The molecule has 0 N–H and O–H groups in total. The zero-order valence-electron chi connectivity index (χ0n) is 10.3. The van der Waals surface area contributed by atoms with Gasteiger partial charge in [0.2, 0.25) is 0 Å². The minimum atomic E-state index is 0.278. The van der Waals surface area contributed by atoms with Crippen molar-refractivity contribution in [1.82, 2.24) is 0 Å². The molecule has 0 bridgehead atoms. The minimum absolute atomic E-state index is 0.278. The molecule has 0 saturated carbocycles. The first-order valence-corrected chi connectivity index (χ1v) is 5.84. The van der Waals surface area contributed by atoms with E-state index in [2.05, 4.69) is 6.92 Å². The van der Waals surface area contributed by atoms with Gasteiger partial charge < -0.3 is 0 Å². The average molecular weight is 206 g/mol. The average Bonchev–Trinajstić information content (AvgIpc) is 2.29. The zero-order chi connectivity index (χ0) is 11.7. The van der Waals surface area contributed by atoms with Crippen LogP contribution >= 0.6 is 0 Å². The number of rotatable bonds is 4. The summed E-state index contributed by atoms with van der Waals surface area (Å²) in [6, 6.07) is 7.78. The molecule has 0 saturated heterocycles. The van der Waals surface area contributed by atoms with Crippen LogP contribution in [-0.2, 0) is 0 Å². The van der Waals surface area contributed by atoms with E-state index in [0.29, 0.717) is 6.42 Å². The fourth-order valence-electron chi connectivity index (χ4n) is 1.36. The second kappa shape index (κ2) is 8.22. The number of ketones is 1. The Labute approximate surface area is 93.5 Å². The van der Waals surface area contributed by atoms with Crippen molar-refractivity contribution in [3.8, 4) is 0 Å². The predicted molar refractivity (Wildman–Crippen MR) is 66.4 cm³/mol. The van der Waals surface area contributed by atoms with Gasteiger partial charge in [-0.2, -0.15) is 0 Å². The number of Topliss-reactive ketones (excluding diaryl/α,β-unsaturated/α-hetero) is 1. The van der Waals surface area contributed by atoms with Gasteiger partial charge in [0, 0.05) is 12.0 Å². The summed E-state index contributed by atoms with van der Waals surface area (Å²) in [5.74, 6) is 0.278. The molecule has 1 heteroatoms. The highest BCUT2D eigenvalue weighted by Crippen LogP contribution is 2.11. The Balaban J connectivity index is 0.000000921. The Kier molecular flexibility index (Phi) is 7.61. The van der Waals surface area contributed by atoms with E-state index in [1.165, 1.54) is 0 Å². The third-order valence-electron chi connectivity index (χ3n) is 2.20. The van der Waals surface area contributed by atoms with E-state index in [4.69, 9.17) is 0 Å². The SMILES string of the molecule is CC.CCCCC(=O)c1ccccc1C. The van der Waals surface area contributed by atoms with Crippen molar-refractivity contribution >= 4 is 5.78 Å². The maximum absolute atomic E-state index is 11.6. The van der Waals surface area contributed by atoms with Crippen LogP contribution in [0, 0.1) is 6.92 Å². The second-order valence-electron chi connectivity index (χ2n) is 3.34.